The van der Waals surface area contributed by atoms with Gasteiger partial charge in [0.05, 0.1) is 12.5 Å². The molecule has 4 rings (SSSR count). The van der Waals surface area contributed by atoms with Gasteiger partial charge < -0.3 is 19.0 Å². The highest BCUT2D eigenvalue weighted by molar-refractivity contribution is 5.96. The lowest BCUT2D eigenvalue weighted by atomic mass is 9.45. The molecule has 2 aliphatic carbocycles. The second-order valence-electron chi connectivity index (χ2n) is 11.5. The fourth-order valence-corrected chi connectivity index (χ4v) is 7.54. The molecular formula is C31H38O7. The number of esters is 3. The predicted octanol–water partition coefficient (Wildman–Crippen LogP) is 5.83. The van der Waals surface area contributed by atoms with Crippen LogP contribution in [0.25, 0.3) is 10.8 Å². The van der Waals surface area contributed by atoms with Crippen molar-refractivity contribution >= 4 is 35.0 Å². The highest BCUT2D eigenvalue weighted by Crippen LogP contribution is 2.62. The molecule has 0 heterocycles. The van der Waals surface area contributed by atoms with Gasteiger partial charge in [-0.05, 0) is 86.5 Å². The van der Waals surface area contributed by atoms with Crippen molar-refractivity contribution in [1.29, 1.82) is 0 Å². The molecule has 7 heteroatoms. The average Bonchev–Trinajstić information content (AvgIpc) is 2.87. The van der Waals surface area contributed by atoms with Crippen LogP contribution in [0.2, 0.25) is 0 Å². The molecule has 2 saturated carbocycles. The van der Waals surface area contributed by atoms with E-state index in [1.807, 2.05) is 25.1 Å². The lowest BCUT2D eigenvalue weighted by Crippen LogP contribution is -2.55. The van der Waals surface area contributed by atoms with Crippen molar-refractivity contribution in [2.45, 2.75) is 72.6 Å². The number of methoxy groups -OCH3 is 1. The normalized spacial score (nSPS) is 28.7. The summed E-state index contributed by atoms with van der Waals surface area (Å²) in [7, 11) is 1.46. The van der Waals surface area contributed by atoms with Crippen molar-refractivity contribution in [2.24, 2.45) is 28.6 Å². The summed E-state index contributed by atoms with van der Waals surface area (Å²) in [6.45, 7) is 7.00. The summed E-state index contributed by atoms with van der Waals surface area (Å²) in [5, 5.41) is 1.37. The lowest BCUT2D eigenvalue weighted by molar-refractivity contribution is -0.173. The third kappa shape index (κ3) is 5.07. The third-order valence-corrected chi connectivity index (χ3v) is 9.21. The van der Waals surface area contributed by atoms with E-state index in [0.717, 1.165) is 56.8 Å². The van der Waals surface area contributed by atoms with Crippen LogP contribution >= 0.6 is 0 Å². The summed E-state index contributed by atoms with van der Waals surface area (Å²) < 4.78 is 16.1. The molecule has 2 aromatic carbocycles. The van der Waals surface area contributed by atoms with Crippen molar-refractivity contribution in [3.05, 3.63) is 35.9 Å². The quantitative estimate of drug-likeness (QED) is 0.256. The molecule has 0 aliphatic heterocycles. The smallest absolute Gasteiger partial charge is 0.311 e. The topological polar surface area (TPSA) is 96.0 Å². The van der Waals surface area contributed by atoms with Crippen molar-refractivity contribution in [3.8, 4) is 11.5 Å². The summed E-state index contributed by atoms with van der Waals surface area (Å²) in [5.74, 6) is 0.0521. The van der Waals surface area contributed by atoms with E-state index in [2.05, 4.69) is 6.92 Å². The maximum Gasteiger partial charge on any atom is 0.311 e. The van der Waals surface area contributed by atoms with Crippen LogP contribution in [-0.2, 0) is 30.3 Å². The molecule has 5 atom stereocenters. The number of aldehydes is 1. The minimum atomic E-state index is -0.539. The second kappa shape index (κ2) is 10.9. The van der Waals surface area contributed by atoms with Crippen LogP contribution in [0.15, 0.2) is 30.3 Å². The number of aryl methyl sites for hydroxylation is 1. The number of carbonyl (C=O) groups is 4. The molecule has 0 N–H and O–H groups in total. The summed E-state index contributed by atoms with van der Waals surface area (Å²) in [5.41, 5.74) is 0.351. The van der Waals surface area contributed by atoms with Gasteiger partial charge in [0, 0.05) is 30.5 Å². The average molecular weight is 523 g/mol. The van der Waals surface area contributed by atoms with Gasteiger partial charge in [-0.1, -0.05) is 25.5 Å². The Morgan fingerprint density at radius 2 is 1.61 bits per heavy atom. The Morgan fingerprint density at radius 1 is 0.947 bits per heavy atom. The molecule has 0 saturated heterocycles. The Balaban J connectivity index is 1.66. The van der Waals surface area contributed by atoms with Crippen LogP contribution in [0.1, 0.15) is 71.8 Å². The Kier molecular flexibility index (Phi) is 7.96. The minimum Gasteiger partial charge on any atom is -0.469 e. The van der Waals surface area contributed by atoms with Crippen LogP contribution in [0.5, 0.6) is 11.5 Å². The van der Waals surface area contributed by atoms with Gasteiger partial charge in [-0.15, -0.1) is 0 Å². The largest absolute Gasteiger partial charge is 0.469 e. The molecule has 2 aromatic rings. The SMILES string of the molecule is COC(=O)C1(C)CCC[C@@]2(C)C1CC[C@H](C=O)[C@@H]2CCc1ccc2c(OC(C)=O)ccc(OC(C)=O)c2c1. The Hall–Kier alpha value is -3.22. The Morgan fingerprint density at radius 3 is 2.21 bits per heavy atom. The molecule has 0 bridgehead atoms. The third-order valence-electron chi connectivity index (χ3n) is 9.21. The Bertz CT molecular complexity index is 1250. The first-order chi connectivity index (χ1) is 18.0. The number of carbonyl (C=O) groups excluding carboxylic acids is 4. The van der Waals surface area contributed by atoms with Crippen LogP contribution < -0.4 is 9.47 Å². The molecule has 38 heavy (non-hydrogen) atoms. The van der Waals surface area contributed by atoms with Gasteiger partial charge in [0.15, 0.2) is 0 Å². The number of benzene rings is 2. The molecule has 204 valence electrons. The second-order valence-corrected chi connectivity index (χ2v) is 11.5. The first-order valence-corrected chi connectivity index (χ1v) is 13.5. The first-order valence-electron chi connectivity index (χ1n) is 13.5. The van der Waals surface area contributed by atoms with Crippen LogP contribution in [0, 0.1) is 28.6 Å². The van der Waals surface area contributed by atoms with Crippen LogP contribution in [-0.4, -0.2) is 31.3 Å². The fourth-order valence-electron chi connectivity index (χ4n) is 7.54. The van der Waals surface area contributed by atoms with E-state index in [4.69, 9.17) is 14.2 Å². The highest BCUT2D eigenvalue weighted by Gasteiger charge is 2.58. The number of hydrogen-bond donors (Lipinski definition) is 0. The van der Waals surface area contributed by atoms with Gasteiger partial charge in [-0.2, -0.15) is 0 Å². The molecule has 2 unspecified atom stereocenters. The Labute approximate surface area is 224 Å². The van der Waals surface area contributed by atoms with E-state index >= 15 is 0 Å². The summed E-state index contributed by atoms with van der Waals surface area (Å²) in [6, 6.07) is 9.11. The van der Waals surface area contributed by atoms with Gasteiger partial charge in [-0.25, -0.2) is 0 Å². The van der Waals surface area contributed by atoms with E-state index in [0.29, 0.717) is 22.3 Å². The highest BCUT2D eigenvalue weighted by atomic mass is 16.5. The number of fused-ring (bicyclic) bond motifs is 2. The molecule has 0 aromatic heterocycles. The van der Waals surface area contributed by atoms with Crippen LogP contribution in [0.3, 0.4) is 0 Å². The molecular weight excluding hydrogens is 484 g/mol. The molecule has 0 radical (unpaired) electrons. The van der Waals surface area contributed by atoms with E-state index < -0.39 is 17.4 Å². The zero-order valence-electron chi connectivity index (χ0n) is 23.0. The molecule has 7 nitrogen and oxygen atoms in total. The number of ether oxygens (including phenoxy) is 3. The van der Waals surface area contributed by atoms with Crippen molar-refractivity contribution in [2.75, 3.05) is 7.11 Å². The summed E-state index contributed by atoms with van der Waals surface area (Å²) >= 11 is 0. The monoisotopic (exact) mass is 522 g/mol. The maximum absolute atomic E-state index is 12.9. The molecule has 2 fully saturated rings. The van der Waals surface area contributed by atoms with Gasteiger partial charge >= 0.3 is 17.9 Å². The molecule has 0 spiro atoms. The van der Waals surface area contributed by atoms with Crippen molar-refractivity contribution in [1.82, 2.24) is 0 Å². The van der Waals surface area contributed by atoms with Gasteiger partial charge in [-0.3, -0.25) is 14.4 Å². The van der Waals surface area contributed by atoms with Crippen molar-refractivity contribution in [3.63, 3.8) is 0 Å². The maximum atomic E-state index is 12.9. The lowest BCUT2D eigenvalue weighted by Gasteiger charge is -2.58. The van der Waals surface area contributed by atoms with Gasteiger partial charge in [0.2, 0.25) is 0 Å². The van der Waals surface area contributed by atoms with Gasteiger partial charge in [0.1, 0.15) is 17.8 Å². The predicted molar refractivity (Wildman–Crippen MR) is 143 cm³/mol. The van der Waals surface area contributed by atoms with E-state index in [9.17, 15) is 19.2 Å². The summed E-state index contributed by atoms with van der Waals surface area (Å²) in [4.78, 5) is 48.4. The zero-order valence-corrected chi connectivity index (χ0v) is 23.0. The van der Waals surface area contributed by atoms with Crippen LogP contribution in [0.4, 0.5) is 0 Å². The zero-order chi connectivity index (χ0) is 27.7. The number of rotatable bonds is 7. The standard InChI is InChI=1S/C31H38O7/c1-19(33)37-26-12-13-27(38-20(2)34)24-17-21(7-10-23(24)26)8-11-25-22(18-32)9-14-28-30(25,3)15-6-16-31(28,4)29(35)36-5/h7,10,12-13,17-18,22,25,28H,6,8-9,11,14-16H2,1-5H3/t22-,25+,28?,30-,31?/m1/s1. The van der Waals surface area contributed by atoms with E-state index in [-0.39, 0.29) is 29.1 Å². The molecule has 2 aliphatic rings. The first kappa shape index (κ1) is 27.8. The van der Waals surface area contributed by atoms with E-state index in [1.165, 1.54) is 21.0 Å². The summed E-state index contributed by atoms with van der Waals surface area (Å²) in [6.07, 6.45) is 6.99. The van der Waals surface area contributed by atoms with E-state index in [1.54, 1.807) is 12.1 Å². The fraction of sp³-hybridized carbons (Fsp3) is 0.548. The molecule has 0 amide bonds. The minimum absolute atomic E-state index is 0.0520. The number of hydrogen-bond acceptors (Lipinski definition) is 7. The van der Waals surface area contributed by atoms with Crippen molar-refractivity contribution < 1.29 is 33.4 Å². The van der Waals surface area contributed by atoms with Gasteiger partial charge in [0.25, 0.3) is 0 Å².